The molecule has 0 radical (unpaired) electrons. The second-order valence-corrected chi connectivity index (χ2v) is 6.71. The van der Waals surface area contributed by atoms with Gasteiger partial charge in [-0.15, -0.1) is 0 Å². The van der Waals surface area contributed by atoms with Gasteiger partial charge in [0.1, 0.15) is 0 Å². The van der Waals surface area contributed by atoms with E-state index in [9.17, 15) is 9.59 Å². The van der Waals surface area contributed by atoms with E-state index in [4.69, 9.17) is 4.74 Å². The fourth-order valence-corrected chi connectivity index (χ4v) is 3.43. The van der Waals surface area contributed by atoms with Crippen molar-refractivity contribution in [2.75, 3.05) is 26.2 Å². The summed E-state index contributed by atoms with van der Waals surface area (Å²) in [5, 5.41) is 4.27. The molecule has 2 aliphatic rings. The summed E-state index contributed by atoms with van der Waals surface area (Å²) in [5.74, 6) is 0.389. The number of piperidine rings is 1. The first-order chi connectivity index (χ1) is 11.6. The Bertz CT molecular complexity index is 607. The van der Waals surface area contributed by atoms with Crippen LogP contribution in [0.25, 0.3) is 0 Å². The summed E-state index contributed by atoms with van der Waals surface area (Å²) in [6, 6.07) is 1.88. The number of carbonyl (C=O) groups is 2. The molecular formula is C17H26N4O3. The normalized spacial score (nSPS) is 21.2. The fraction of sp³-hybridized carbons (Fsp3) is 0.706. The van der Waals surface area contributed by atoms with Crippen molar-refractivity contribution in [2.24, 2.45) is 7.05 Å². The number of carbonyl (C=O) groups excluding carboxylic acids is 2. The second kappa shape index (κ2) is 7.23. The summed E-state index contributed by atoms with van der Waals surface area (Å²) in [6.07, 6.45) is 5.36. The molecule has 0 spiro atoms. The van der Waals surface area contributed by atoms with Crippen LogP contribution in [0.4, 0.5) is 0 Å². The molecule has 3 rings (SSSR count). The zero-order valence-electron chi connectivity index (χ0n) is 14.5. The van der Waals surface area contributed by atoms with E-state index in [0.29, 0.717) is 11.6 Å². The van der Waals surface area contributed by atoms with E-state index in [1.807, 2.05) is 9.80 Å². The van der Waals surface area contributed by atoms with E-state index < -0.39 is 0 Å². The average molecular weight is 334 g/mol. The largest absolute Gasteiger partial charge is 0.468 e. The molecule has 7 nitrogen and oxygen atoms in total. The van der Waals surface area contributed by atoms with Gasteiger partial charge in [0.25, 0.3) is 11.8 Å². The van der Waals surface area contributed by atoms with Gasteiger partial charge >= 0.3 is 0 Å². The van der Waals surface area contributed by atoms with Crippen LogP contribution in [0.3, 0.4) is 0 Å². The molecule has 0 N–H and O–H groups in total. The molecule has 24 heavy (non-hydrogen) atoms. The zero-order chi connectivity index (χ0) is 17.1. The predicted octanol–water partition coefficient (Wildman–Crippen LogP) is 1.44. The molecule has 3 heterocycles. The molecule has 2 amide bonds. The van der Waals surface area contributed by atoms with Crippen molar-refractivity contribution in [3.05, 3.63) is 11.8 Å². The standard InChI is InChI=1S/C17H26N4O3/c1-13-7-3-4-10-21(13)17(23)14-11-16(19(2)18-14)24-12-15(22)20-8-5-6-9-20/h11,13H,3-10,12H2,1-2H3/t13-/m0/s1. The van der Waals surface area contributed by atoms with Gasteiger partial charge in [-0.25, -0.2) is 4.68 Å². The number of hydrogen-bond acceptors (Lipinski definition) is 4. The molecule has 0 unspecified atom stereocenters. The molecule has 0 aliphatic carbocycles. The minimum atomic E-state index is -0.0569. The lowest BCUT2D eigenvalue weighted by Gasteiger charge is -2.32. The summed E-state index contributed by atoms with van der Waals surface area (Å²) in [6.45, 7) is 4.47. The van der Waals surface area contributed by atoms with Crippen LogP contribution in [-0.2, 0) is 11.8 Å². The molecule has 0 aromatic carbocycles. The van der Waals surface area contributed by atoms with E-state index in [-0.39, 0.29) is 24.5 Å². The second-order valence-electron chi connectivity index (χ2n) is 6.71. The molecule has 1 aromatic rings. The number of likely N-dealkylation sites (tertiary alicyclic amines) is 2. The molecule has 1 atom stereocenters. The Morgan fingerprint density at radius 1 is 1.21 bits per heavy atom. The lowest BCUT2D eigenvalue weighted by Crippen LogP contribution is -2.42. The number of aryl methyl sites for hydroxylation is 1. The molecule has 2 saturated heterocycles. The van der Waals surface area contributed by atoms with Crippen LogP contribution < -0.4 is 4.74 Å². The molecule has 2 aliphatic heterocycles. The Morgan fingerprint density at radius 2 is 1.92 bits per heavy atom. The number of ether oxygens (including phenoxy) is 1. The third kappa shape index (κ3) is 3.55. The van der Waals surface area contributed by atoms with E-state index in [1.54, 1.807) is 13.1 Å². The average Bonchev–Trinajstić information content (AvgIpc) is 3.22. The topological polar surface area (TPSA) is 67.7 Å². The van der Waals surface area contributed by atoms with E-state index in [1.165, 1.54) is 11.1 Å². The van der Waals surface area contributed by atoms with Gasteiger partial charge in [0.05, 0.1) is 0 Å². The lowest BCUT2D eigenvalue weighted by molar-refractivity contribution is -0.132. The van der Waals surface area contributed by atoms with Gasteiger partial charge < -0.3 is 14.5 Å². The van der Waals surface area contributed by atoms with E-state index in [2.05, 4.69) is 12.0 Å². The van der Waals surface area contributed by atoms with Crippen molar-refractivity contribution in [3.63, 3.8) is 0 Å². The Kier molecular flexibility index (Phi) is 5.06. The first kappa shape index (κ1) is 16.8. The predicted molar refractivity (Wildman–Crippen MR) is 88.9 cm³/mol. The van der Waals surface area contributed by atoms with Crippen molar-refractivity contribution < 1.29 is 14.3 Å². The maximum Gasteiger partial charge on any atom is 0.274 e. The first-order valence-electron chi connectivity index (χ1n) is 8.82. The van der Waals surface area contributed by atoms with Crippen LogP contribution in [0, 0.1) is 0 Å². The van der Waals surface area contributed by atoms with Crippen LogP contribution in [0.5, 0.6) is 5.88 Å². The Balaban J connectivity index is 1.61. The van der Waals surface area contributed by atoms with E-state index >= 15 is 0 Å². The SMILES string of the molecule is C[C@H]1CCCCN1C(=O)c1cc(OCC(=O)N2CCCC2)n(C)n1. The smallest absolute Gasteiger partial charge is 0.274 e. The molecular weight excluding hydrogens is 308 g/mol. The third-order valence-electron chi connectivity index (χ3n) is 4.92. The molecule has 0 saturated carbocycles. The molecule has 1 aromatic heterocycles. The monoisotopic (exact) mass is 334 g/mol. The summed E-state index contributed by atoms with van der Waals surface area (Å²) in [4.78, 5) is 28.4. The molecule has 0 bridgehead atoms. The van der Waals surface area contributed by atoms with Gasteiger partial charge in [-0.3, -0.25) is 9.59 Å². The van der Waals surface area contributed by atoms with Gasteiger partial charge in [0.2, 0.25) is 5.88 Å². The maximum absolute atomic E-state index is 12.6. The Morgan fingerprint density at radius 3 is 2.62 bits per heavy atom. The van der Waals surface area contributed by atoms with Crippen molar-refractivity contribution in [1.29, 1.82) is 0 Å². The van der Waals surface area contributed by atoms with Crippen LogP contribution in [-0.4, -0.2) is 63.7 Å². The van der Waals surface area contributed by atoms with Crippen LogP contribution in [0.1, 0.15) is 49.5 Å². The highest BCUT2D eigenvalue weighted by Crippen LogP contribution is 2.21. The Labute approximate surface area is 142 Å². The van der Waals surface area contributed by atoms with E-state index in [0.717, 1.165) is 45.3 Å². The van der Waals surface area contributed by atoms with Crippen molar-refractivity contribution >= 4 is 11.8 Å². The van der Waals surface area contributed by atoms with Gasteiger partial charge in [0, 0.05) is 38.8 Å². The summed E-state index contributed by atoms with van der Waals surface area (Å²) >= 11 is 0. The number of nitrogens with zero attached hydrogens (tertiary/aromatic N) is 4. The van der Waals surface area contributed by atoms with Gasteiger partial charge in [-0.2, -0.15) is 5.10 Å². The summed E-state index contributed by atoms with van der Waals surface area (Å²) in [5.41, 5.74) is 0.384. The van der Waals surface area contributed by atoms with Crippen LogP contribution >= 0.6 is 0 Å². The number of hydrogen-bond donors (Lipinski definition) is 0. The van der Waals surface area contributed by atoms with Gasteiger partial charge in [0.15, 0.2) is 12.3 Å². The first-order valence-corrected chi connectivity index (χ1v) is 8.82. The van der Waals surface area contributed by atoms with Gasteiger partial charge in [-0.1, -0.05) is 0 Å². The quantitative estimate of drug-likeness (QED) is 0.835. The number of rotatable bonds is 4. The fourth-order valence-electron chi connectivity index (χ4n) is 3.43. The van der Waals surface area contributed by atoms with Crippen molar-refractivity contribution in [1.82, 2.24) is 19.6 Å². The highest BCUT2D eigenvalue weighted by molar-refractivity contribution is 5.93. The van der Waals surface area contributed by atoms with Crippen LogP contribution in [0.2, 0.25) is 0 Å². The minimum Gasteiger partial charge on any atom is -0.468 e. The van der Waals surface area contributed by atoms with Gasteiger partial charge in [-0.05, 0) is 39.0 Å². The highest BCUT2D eigenvalue weighted by atomic mass is 16.5. The zero-order valence-corrected chi connectivity index (χ0v) is 14.5. The highest BCUT2D eigenvalue weighted by Gasteiger charge is 2.27. The Hall–Kier alpha value is -2.05. The van der Waals surface area contributed by atoms with Crippen LogP contribution in [0.15, 0.2) is 6.07 Å². The minimum absolute atomic E-state index is 0.00667. The lowest BCUT2D eigenvalue weighted by atomic mass is 10.0. The number of amides is 2. The summed E-state index contributed by atoms with van der Waals surface area (Å²) < 4.78 is 7.12. The molecule has 132 valence electrons. The molecule has 2 fully saturated rings. The van der Waals surface area contributed by atoms with Crippen molar-refractivity contribution in [2.45, 2.75) is 45.1 Å². The van der Waals surface area contributed by atoms with Crippen molar-refractivity contribution in [3.8, 4) is 5.88 Å². The summed E-state index contributed by atoms with van der Waals surface area (Å²) in [7, 11) is 1.73. The molecule has 7 heteroatoms. The number of aromatic nitrogens is 2. The maximum atomic E-state index is 12.6. The third-order valence-corrected chi connectivity index (χ3v) is 4.92.